The Bertz CT molecular complexity index is 817. The Morgan fingerprint density at radius 3 is 2.39 bits per heavy atom. The summed E-state index contributed by atoms with van der Waals surface area (Å²) >= 11 is 0. The minimum absolute atomic E-state index is 0.344. The van der Waals surface area contributed by atoms with Crippen molar-refractivity contribution >= 4 is 11.6 Å². The summed E-state index contributed by atoms with van der Waals surface area (Å²) in [5, 5.41) is 4.46. The van der Waals surface area contributed by atoms with Crippen molar-refractivity contribution in [2.75, 3.05) is 44.2 Å². The van der Waals surface area contributed by atoms with Crippen molar-refractivity contribution < 1.29 is 4.79 Å². The van der Waals surface area contributed by atoms with Crippen molar-refractivity contribution in [1.29, 1.82) is 0 Å². The van der Waals surface area contributed by atoms with Gasteiger partial charge in [0.1, 0.15) is 0 Å². The van der Waals surface area contributed by atoms with Crippen molar-refractivity contribution in [3.05, 3.63) is 48.3 Å². The molecule has 4 rings (SSSR count). The van der Waals surface area contributed by atoms with Crippen molar-refractivity contribution in [3.63, 3.8) is 0 Å². The molecule has 0 bridgehead atoms. The molecule has 0 spiro atoms. The second-order valence-corrected chi connectivity index (χ2v) is 9.38. The maximum absolute atomic E-state index is 12.7. The lowest BCUT2D eigenvalue weighted by molar-refractivity contribution is -0.131. The van der Waals surface area contributed by atoms with Gasteiger partial charge in [-0.1, -0.05) is 18.2 Å². The summed E-state index contributed by atoms with van der Waals surface area (Å²) in [7, 11) is 0. The van der Waals surface area contributed by atoms with Crippen LogP contribution in [0.1, 0.15) is 51.1 Å². The Labute approximate surface area is 186 Å². The highest BCUT2D eigenvalue weighted by Crippen LogP contribution is 2.24. The lowest BCUT2D eigenvalue weighted by Gasteiger charge is -2.36. The summed E-state index contributed by atoms with van der Waals surface area (Å²) in [5.41, 5.74) is 2.56. The van der Waals surface area contributed by atoms with Crippen LogP contribution in [0.2, 0.25) is 0 Å². The largest absolute Gasteiger partial charge is 0.368 e. The van der Waals surface area contributed by atoms with Gasteiger partial charge in [0, 0.05) is 62.6 Å². The SMILES string of the molecule is CC(C)n1cc(CN2CCC(CCC(=O)N3CCN(c4ccccc4)CC3)CC2)cn1. The maximum atomic E-state index is 12.7. The second-order valence-electron chi connectivity index (χ2n) is 9.38. The number of nitrogens with zero attached hydrogens (tertiary/aromatic N) is 5. The molecule has 0 aliphatic carbocycles. The molecule has 2 aliphatic rings. The zero-order valence-corrected chi connectivity index (χ0v) is 19.1. The number of likely N-dealkylation sites (tertiary alicyclic amines) is 1. The number of amides is 1. The van der Waals surface area contributed by atoms with Crippen molar-refractivity contribution in [2.24, 2.45) is 5.92 Å². The average molecular weight is 424 g/mol. The zero-order valence-electron chi connectivity index (χ0n) is 19.1. The van der Waals surface area contributed by atoms with Gasteiger partial charge in [-0.3, -0.25) is 14.4 Å². The van der Waals surface area contributed by atoms with Crippen molar-refractivity contribution in [2.45, 2.75) is 52.1 Å². The molecule has 0 N–H and O–H groups in total. The molecule has 1 amide bonds. The normalized spacial score (nSPS) is 18.7. The van der Waals surface area contributed by atoms with Crippen LogP contribution in [0.5, 0.6) is 0 Å². The fourth-order valence-electron chi connectivity index (χ4n) is 4.77. The average Bonchev–Trinajstić information content (AvgIpc) is 3.28. The molecule has 2 fully saturated rings. The summed E-state index contributed by atoms with van der Waals surface area (Å²) in [4.78, 5) is 19.7. The van der Waals surface area contributed by atoms with Crippen LogP contribution in [-0.4, -0.2) is 64.8 Å². The van der Waals surface area contributed by atoms with Crippen LogP contribution in [0.25, 0.3) is 0 Å². The molecule has 0 atom stereocenters. The predicted octanol–water partition coefficient (Wildman–Crippen LogP) is 3.81. The molecule has 168 valence electrons. The standard InChI is InChI=1S/C25H37N5O/c1-21(2)30-20-23(18-26-30)19-27-12-10-22(11-13-27)8-9-25(31)29-16-14-28(15-17-29)24-6-4-3-5-7-24/h3-7,18,20-22H,8-17,19H2,1-2H3. The van der Waals surface area contributed by atoms with Gasteiger partial charge in [-0.25, -0.2) is 0 Å². The van der Waals surface area contributed by atoms with Crippen LogP contribution in [0.3, 0.4) is 0 Å². The third-order valence-corrected chi connectivity index (χ3v) is 6.82. The highest BCUT2D eigenvalue weighted by molar-refractivity contribution is 5.76. The molecule has 2 saturated heterocycles. The number of hydrogen-bond donors (Lipinski definition) is 0. The Morgan fingerprint density at radius 1 is 1.03 bits per heavy atom. The van der Waals surface area contributed by atoms with E-state index in [0.717, 1.165) is 52.2 Å². The third kappa shape index (κ3) is 5.88. The summed E-state index contributed by atoms with van der Waals surface area (Å²) in [6, 6.07) is 10.9. The molecule has 1 aromatic heterocycles. The Balaban J connectivity index is 1.14. The number of piperidine rings is 1. The van der Waals surface area contributed by atoms with E-state index in [1.165, 1.54) is 24.1 Å². The minimum atomic E-state index is 0.344. The van der Waals surface area contributed by atoms with Crippen LogP contribution in [-0.2, 0) is 11.3 Å². The predicted molar refractivity (Wildman–Crippen MR) is 125 cm³/mol. The van der Waals surface area contributed by atoms with Gasteiger partial charge >= 0.3 is 0 Å². The second kappa shape index (κ2) is 10.3. The number of anilines is 1. The van der Waals surface area contributed by atoms with E-state index in [9.17, 15) is 4.79 Å². The van der Waals surface area contributed by atoms with E-state index >= 15 is 0 Å². The topological polar surface area (TPSA) is 44.6 Å². The lowest BCUT2D eigenvalue weighted by Crippen LogP contribution is -2.48. The number of piperazine rings is 1. The van der Waals surface area contributed by atoms with Gasteiger partial charge in [-0.15, -0.1) is 0 Å². The lowest BCUT2D eigenvalue weighted by atomic mass is 9.91. The van der Waals surface area contributed by atoms with Gasteiger partial charge in [0.15, 0.2) is 0 Å². The van der Waals surface area contributed by atoms with Crippen LogP contribution >= 0.6 is 0 Å². The molecular formula is C25H37N5O. The van der Waals surface area contributed by atoms with Gasteiger partial charge in [-0.2, -0.15) is 5.10 Å². The van der Waals surface area contributed by atoms with Gasteiger partial charge in [0.2, 0.25) is 5.91 Å². The van der Waals surface area contributed by atoms with Crippen LogP contribution in [0.15, 0.2) is 42.7 Å². The molecule has 6 heteroatoms. The van der Waals surface area contributed by atoms with Crippen molar-refractivity contribution in [3.8, 4) is 0 Å². The number of rotatable bonds is 7. The molecule has 0 saturated carbocycles. The first-order valence-corrected chi connectivity index (χ1v) is 11.9. The number of aromatic nitrogens is 2. The highest BCUT2D eigenvalue weighted by atomic mass is 16.2. The maximum Gasteiger partial charge on any atom is 0.222 e. The van der Waals surface area contributed by atoms with Gasteiger partial charge in [0.05, 0.1) is 6.20 Å². The molecule has 6 nitrogen and oxygen atoms in total. The fraction of sp³-hybridized carbons (Fsp3) is 0.600. The molecule has 31 heavy (non-hydrogen) atoms. The van der Waals surface area contributed by atoms with Crippen LogP contribution in [0, 0.1) is 5.92 Å². The monoisotopic (exact) mass is 423 g/mol. The van der Waals surface area contributed by atoms with Gasteiger partial charge < -0.3 is 9.80 Å². The molecule has 0 radical (unpaired) electrons. The molecule has 3 heterocycles. The number of carbonyl (C=O) groups is 1. The number of benzene rings is 1. The first-order chi connectivity index (χ1) is 15.1. The quantitative estimate of drug-likeness (QED) is 0.679. The van der Waals surface area contributed by atoms with E-state index in [1.807, 2.05) is 16.9 Å². The zero-order chi connectivity index (χ0) is 21.6. The fourth-order valence-corrected chi connectivity index (χ4v) is 4.77. The van der Waals surface area contributed by atoms with E-state index in [2.05, 4.69) is 64.1 Å². The molecule has 0 unspecified atom stereocenters. The first-order valence-electron chi connectivity index (χ1n) is 11.9. The van der Waals surface area contributed by atoms with Gasteiger partial charge in [-0.05, 0) is 64.3 Å². The summed E-state index contributed by atoms with van der Waals surface area (Å²) in [6.45, 7) is 11.1. The number of para-hydroxylation sites is 1. The number of carbonyl (C=O) groups excluding carboxylic acids is 1. The number of hydrogen-bond acceptors (Lipinski definition) is 4. The highest BCUT2D eigenvalue weighted by Gasteiger charge is 2.24. The molecular weight excluding hydrogens is 386 g/mol. The summed E-state index contributed by atoms with van der Waals surface area (Å²) < 4.78 is 2.04. The molecule has 2 aromatic rings. The van der Waals surface area contributed by atoms with E-state index in [-0.39, 0.29) is 0 Å². The minimum Gasteiger partial charge on any atom is -0.368 e. The first kappa shape index (κ1) is 21.9. The van der Waals surface area contributed by atoms with E-state index < -0.39 is 0 Å². The Morgan fingerprint density at radius 2 is 1.74 bits per heavy atom. The van der Waals surface area contributed by atoms with Crippen LogP contribution < -0.4 is 4.90 Å². The molecule has 1 aromatic carbocycles. The summed E-state index contributed by atoms with van der Waals surface area (Å²) in [6.07, 6.45) is 8.32. The Kier molecular flexibility index (Phi) is 7.28. The van der Waals surface area contributed by atoms with Gasteiger partial charge in [0.25, 0.3) is 0 Å². The van der Waals surface area contributed by atoms with E-state index in [1.54, 1.807) is 0 Å². The smallest absolute Gasteiger partial charge is 0.222 e. The molecule has 2 aliphatic heterocycles. The third-order valence-electron chi connectivity index (χ3n) is 6.82. The summed E-state index contributed by atoms with van der Waals surface area (Å²) in [5.74, 6) is 1.03. The van der Waals surface area contributed by atoms with Crippen LogP contribution in [0.4, 0.5) is 5.69 Å². The van der Waals surface area contributed by atoms with E-state index in [0.29, 0.717) is 24.3 Å². The Hall–Kier alpha value is -2.34. The van der Waals surface area contributed by atoms with E-state index in [4.69, 9.17) is 0 Å². The van der Waals surface area contributed by atoms with Crippen molar-refractivity contribution in [1.82, 2.24) is 19.6 Å².